The number of halogens is 4. The molecule has 1 aromatic rings. The van der Waals surface area contributed by atoms with Crippen molar-refractivity contribution in [3.63, 3.8) is 0 Å². The van der Waals surface area contributed by atoms with Gasteiger partial charge in [-0.2, -0.15) is 13.2 Å². The van der Waals surface area contributed by atoms with Gasteiger partial charge >= 0.3 is 18.2 Å². The zero-order valence-electron chi connectivity index (χ0n) is 14.8. The van der Waals surface area contributed by atoms with Crippen LogP contribution in [-0.4, -0.2) is 34.2 Å². The quantitative estimate of drug-likeness (QED) is 0.782. The van der Waals surface area contributed by atoms with Gasteiger partial charge in [-0.25, -0.2) is 9.59 Å². The Balaban J connectivity index is 2.14. The summed E-state index contributed by atoms with van der Waals surface area (Å²) in [6.07, 6.45) is -3.95. The molecule has 1 amide bonds. The van der Waals surface area contributed by atoms with Gasteiger partial charge in [0.25, 0.3) is 0 Å². The summed E-state index contributed by atoms with van der Waals surface area (Å²) in [5.74, 6) is -1.50. The van der Waals surface area contributed by atoms with Crippen molar-refractivity contribution in [1.82, 2.24) is 10.2 Å². The van der Waals surface area contributed by atoms with E-state index in [9.17, 15) is 22.8 Å². The molecule has 1 aliphatic heterocycles. The molecule has 0 saturated carbocycles. The van der Waals surface area contributed by atoms with Gasteiger partial charge in [-0.05, 0) is 32.9 Å². The van der Waals surface area contributed by atoms with Crippen molar-refractivity contribution in [3.05, 3.63) is 45.7 Å². The number of hydrogen-bond acceptors (Lipinski definition) is 4. The van der Waals surface area contributed by atoms with Crippen LogP contribution in [0.1, 0.15) is 42.3 Å². The fourth-order valence-corrected chi connectivity index (χ4v) is 2.68. The highest BCUT2D eigenvalue weighted by atomic mass is 35.5. The number of alkyl halides is 3. The van der Waals surface area contributed by atoms with E-state index >= 15 is 0 Å². The molecular formula is C17H18ClF3N2O4. The lowest BCUT2D eigenvalue weighted by atomic mass is 10.0. The van der Waals surface area contributed by atoms with E-state index in [0.29, 0.717) is 11.8 Å². The van der Waals surface area contributed by atoms with Crippen LogP contribution >= 0.6 is 11.6 Å². The van der Waals surface area contributed by atoms with E-state index in [1.54, 1.807) is 20.8 Å². The number of rotatable bonds is 4. The van der Waals surface area contributed by atoms with Crippen LogP contribution in [0.4, 0.5) is 18.0 Å². The van der Waals surface area contributed by atoms with Crippen LogP contribution in [0.2, 0.25) is 5.02 Å². The first-order valence-corrected chi connectivity index (χ1v) is 8.22. The first-order valence-electron chi connectivity index (χ1n) is 7.84. The molecule has 0 fully saturated rings. The van der Waals surface area contributed by atoms with Crippen molar-refractivity contribution in [2.75, 3.05) is 6.54 Å². The number of amides is 1. The second-order valence-corrected chi connectivity index (χ2v) is 7.38. The number of alkyl carbamates (subject to hydrolysis) is 1. The number of nitrogens with one attached hydrogen (secondary N) is 1. The van der Waals surface area contributed by atoms with Crippen LogP contribution in [0.15, 0.2) is 24.0 Å². The van der Waals surface area contributed by atoms with Gasteiger partial charge in [-0.1, -0.05) is 11.6 Å². The Kier molecular flexibility index (Phi) is 5.65. The van der Waals surface area contributed by atoms with Gasteiger partial charge in [0.1, 0.15) is 5.60 Å². The first kappa shape index (κ1) is 20.9. The van der Waals surface area contributed by atoms with Crippen molar-refractivity contribution in [2.45, 2.75) is 39.1 Å². The van der Waals surface area contributed by atoms with Crippen molar-refractivity contribution >= 4 is 23.7 Å². The molecule has 1 aliphatic rings. The Morgan fingerprint density at radius 2 is 1.89 bits per heavy atom. The molecule has 0 unspecified atom stereocenters. The second kappa shape index (κ2) is 7.30. The summed E-state index contributed by atoms with van der Waals surface area (Å²) in [4.78, 5) is 24.1. The van der Waals surface area contributed by atoms with Crippen LogP contribution in [0, 0.1) is 0 Å². The van der Waals surface area contributed by atoms with E-state index in [0.717, 1.165) is 6.07 Å². The molecule has 10 heteroatoms. The Morgan fingerprint density at radius 1 is 1.30 bits per heavy atom. The van der Waals surface area contributed by atoms with E-state index in [2.05, 4.69) is 5.32 Å². The Bertz CT molecular complexity index is 801. The van der Waals surface area contributed by atoms with Gasteiger partial charge in [-0.15, -0.1) is 0 Å². The topological polar surface area (TPSA) is 78.9 Å². The van der Waals surface area contributed by atoms with Crippen molar-refractivity contribution in [2.24, 2.45) is 0 Å². The van der Waals surface area contributed by atoms with Crippen molar-refractivity contribution < 1.29 is 32.6 Å². The van der Waals surface area contributed by atoms with Gasteiger partial charge < -0.3 is 14.7 Å². The van der Waals surface area contributed by atoms with E-state index in [-0.39, 0.29) is 23.7 Å². The highest BCUT2D eigenvalue weighted by Gasteiger charge is 2.36. The molecule has 0 radical (unpaired) electrons. The van der Waals surface area contributed by atoms with Crippen LogP contribution < -0.4 is 5.32 Å². The molecule has 1 heterocycles. The number of benzene rings is 1. The van der Waals surface area contributed by atoms with Crippen LogP contribution in [-0.2, 0) is 17.5 Å². The summed E-state index contributed by atoms with van der Waals surface area (Å²) in [7, 11) is 0. The van der Waals surface area contributed by atoms with Gasteiger partial charge in [0.05, 0.1) is 23.4 Å². The molecule has 6 nitrogen and oxygen atoms in total. The molecule has 0 saturated heterocycles. The van der Waals surface area contributed by atoms with Gasteiger partial charge in [0, 0.05) is 23.3 Å². The number of carboxylic acids is 1. The maximum Gasteiger partial charge on any atom is 0.416 e. The summed E-state index contributed by atoms with van der Waals surface area (Å²) in [5.41, 5.74) is -2.07. The summed E-state index contributed by atoms with van der Waals surface area (Å²) in [6.45, 7) is 5.11. The Hall–Kier alpha value is -2.42. The molecule has 0 aliphatic carbocycles. The molecule has 2 rings (SSSR count). The first-order chi connectivity index (χ1) is 12.3. The summed E-state index contributed by atoms with van der Waals surface area (Å²) < 4.78 is 45.0. The summed E-state index contributed by atoms with van der Waals surface area (Å²) in [6, 6.07) is 1.55. The fraction of sp³-hybridized carbons (Fsp3) is 0.412. The van der Waals surface area contributed by atoms with E-state index in [1.165, 1.54) is 11.1 Å². The lowest BCUT2D eigenvalue weighted by Crippen LogP contribution is -2.41. The zero-order valence-corrected chi connectivity index (χ0v) is 15.5. The van der Waals surface area contributed by atoms with Crippen molar-refractivity contribution in [3.8, 4) is 0 Å². The van der Waals surface area contributed by atoms with E-state index in [4.69, 9.17) is 21.4 Å². The molecule has 0 bridgehead atoms. The van der Waals surface area contributed by atoms with E-state index in [1.807, 2.05) is 0 Å². The van der Waals surface area contributed by atoms with Crippen LogP contribution in [0.3, 0.4) is 0 Å². The number of ether oxygens (including phenoxy) is 1. The summed E-state index contributed by atoms with van der Waals surface area (Å²) >= 11 is 5.90. The molecule has 148 valence electrons. The number of hydrogen-bond donors (Lipinski definition) is 2. The molecule has 27 heavy (non-hydrogen) atoms. The minimum atomic E-state index is -4.75. The number of nitrogens with zero attached hydrogens (tertiary/aromatic N) is 1. The standard InChI is InChI=1S/C17H18ClF3N2O4/c1-16(2,3)27-15(26)22-10-6-23(7-10)8-11-12(17(19,20)21)4-9(14(24)25)5-13(11)18/h4-6H,7-8H2,1-3H3,(H,22,26)(H,24,25). The average Bonchev–Trinajstić information content (AvgIpc) is 2.42. The Morgan fingerprint density at radius 3 is 2.37 bits per heavy atom. The SMILES string of the molecule is CC(C)(C)OC(=O)NC1=CN(Cc2c(Cl)cc(C(=O)O)cc2C(F)(F)F)C1. The number of carbonyl (C=O) groups is 2. The minimum Gasteiger partial charge on any atom is -0.478 e. The smallest absolute Gasteiger partial charge is 0.416 e. The third-order valence-electron chi connectivity index (χ3n) is 3.48. The third-order valence-corrected chi connectivity index (χ3v) is 3.82. The molecule has 0 spiro atoms. The van der Waals surface area contributed by atoms with E-state index < -0.39 is 35.0 Å². The largest absolute Gasteiger partial charge is 0.478 e. The average molecular weight is 407 g/mol. The highest BCUT2D eigenvalue weighted by Crippen LogP contribution is 2.37. The fourth-order valence-electron chi connectivity index (χ4n) is 2.40. The number of aromatic carboxylic acids is 1. The molecule has 0 atom stereocenters. The molecular weight excluding hydrogens is 389 g/mol. The molecule has 0 aromatic heterocycles. The molecule has 2 N–H and O–H groups in total. The van der Waals surface area contributed by atoms with Gasteiger partial charge in [0.15, 0.2) is 0 Å². The zero-order chi connectivity index (χ0) is 20.6. The lowest BCUT2D eigenvalue weighted by molar-refractivity contribution is -0.138. The number of carboxylic acid groups (broad SMARTS) is 1. The monoisotopic (exact) mass is 406 g/mol. The predicted molar refractivity (Wildman–Crippen MR) is 91.3 cm³/mol. The Labute approximate surface area is 158 Å². The molecule has 1 aromatic carbocycles. The van der Waals surface area contributed by atoms with Gasteiger partial charge in [-0.3, -0.25) is 5.32 Å². The highest BCUT2D eigenvalue weighted by molar-refractivity contribution is 6.31. The van der Waals surface area contributed by atoms with Crippen molar-refractivity contribution in [1.29, 1.82) is 0 Å². The second-order valence-electron chi connectivity index (χ2n) is 6.97. The van der Waals surface area contributed by atoms with Crippen LogP contribution in [0.5, 0.6) is 0 Å². The maximum atomic E-state index is 13.3. The van der Waals surface area contributed by atoms with Crippen LogP contribution in [0.25, 0.3) is 0 Å². The third kappa shape index (κ3) is 5.53. The maximum absolute atomic E-state index is 13.3. The number of carbonyl (C=O) groups excluding carboxylic acids is 1. The van der Waals surface area contributed by atoms with Gasteiger partial charge in [0.2, 0.25) is 0 Å². The predicted octanol–water partition coefficient (Wildman–Crippen LogP) is 4.24. The minimum absolute atomic E-state index is 0.187. The normalized spacial score (nSPS) is 14.3. The lowest BCUT2D eigenvalue weighted by Gasteiger charge is -2.33. The summed E-state index contributed by atoms with van der Waals surface area (Å²) in [5, 5.41) is 11.1.